The van der Waals surface area contributed by atoms with Gasteiger partial charge in [0.1, 0.15) is 5.69 Å². The molecule has 1 aliphatic heterocycles. The summed E-state index contributed by atoms with van der Waals surface area (Å²) in [6, 6.07) is 0.311. The summed E-state index contributed by atoms with van der Waals surface area (Å²) in [4.78, 5) is 20.3. The molecule has 1 aromatic rings. The van der Waals surface area contributed by atoms with Gasteiger partial charge in [-0.15, -0.1) is 0 Å². The molecule has 4 heteroatoms. The SMILES string of the molecule is Cc1nccnc1C(=O)CC1CCCCCN1. The Morgan fingerprint density at radius 1 is 1.35 bits per heavy atom. The van der Waals surface area contributed by atoms with Gasteiger partial charge < -0.3 is 5.32 Å². The second-order valence-electron chi connectivity index (χ2n) is 4.62. The van der Waals surface area contributed by atoms with Crippen LogP contribution in [0.5, 0.6) is 0 Å². The lowest BCUT2D eigenvalue weighted by atomic mass is 10.0. The monoisotopic (exact) mass is 233 g/mol. The van der Waals surface area contributed by atoms with Crippen molar-refractivity contribution in [3.8, 4) is 0 Å². The summed E-state index contributed by atoms with van der Waals surface area (Å²) < 4.78 is 0. The standard InChI is InChI=1S/C13H19N3O/c1-10-13(16-8-7-14-10)12(17)9-11-5-3-2-4-6-15-11/h7-8,11,15H,2-6,9H2,1H3. The van der Waals surface area contributed by atoms with Crippen LogP contribution in [0.25, 0.3) is 0 Å². The summed E-state index contributed by atoms with van der Waals surface area (Å²) in [5.41, 5.74) is 1.25. The Balaban J connectivity index is 1.98. The van der Waals surface area contributed by atoms with E-state index < -0.39 is 0 Å². The summed E-state index contributed by atoms with van der Waals surface area (Å²) in [5, 5.41) is 3.43. The van der Waals surface area contributed by atoms with E-state index in [1.165, 1.54) is 19.3 Å². The van der Waals surface area contributed by atoms with Gasteiger partial charge in [0.25, 0.3) is 0 Å². The highest BCUT2D eigenvalue weighted by Gasteiger charge is 2.18. The summed E-state index contributed by atoms with van der Waals surface area (Å²) in [6.45, 7) is 2.86. The number of aromatic nitrogens is 2. The molecule has 4 nitrogen and oxygen atoms in total. The van der Waals surface area contributed by atoms with E-state index in [-0.39, 0.29) is 5.78 Å². The molecule has 0 radical (unpaired) electrons. The number of Topliss-reactive ketones (excluding diaryl/α,β-unsaturated/α-hetero) is 1. The molecule has 1 aliphatic rings. The van der Waals surface area contributed by atoms with Gasteiger partial charge >= 0.3 is 0 Å². The summed E-state index contributed by atoms with van der Waals surface area (Å²) in [7, 11) is 0. The molecule has 0 spiro atoms. The minimum absolute atomic E-state index is 0.106. The molecule has 2 heterocycles. The molecule has 2 rings (SSSR count). The van der Waals surface area contributed by atoms with Gasteiger partial charge in [0.15, 0.2) is 5.78 Å². The second kappa shape index (κ2) is 5.87. The second-order valence-corrected chi connectivity index (χ2v) is 4.62. The van der Waals surface area contributed by atoms with Gasteiger partial charge in [0.2, 0.25) is 0 Å². The first kappa shape index (κ1) is 12.2. The molecular formula is C13H19N3O. The van der Waals surface area contributed by atoms with E-state index in [4.69, 9.17) is 0 Å². The zero-order valence-corrected chi connectivity index (χ0v) is 10.3. The molecule has 17 heavy (non-hydrogen) atoms. The molecule has 1 aromatic heterocycles. The maximum atomic E-state index is 12.1. The van der Waals surface area contributed by atoms with Crippen LogP contribution >= 0.6 is 0 Å². The zero-order valence-electron chi connectivity index (χ0n) is 10.3. The zero-order chi connectivity index (χ0) is 12.1. The predicted molar refractivity (Wildman–Crippen MR) is 66.0 cm³/mol. The molecule has 1 fully saturated rings. The molecule has 0 aromatic carbocycles. The lowest BCUT2D eigenvalue weighted by Crippen LogP contribution is -2.31. The van der Waals surface area contributed by atoms with Crippen molar-refractivity contribution in [1.29, 1.82) is 0 Å². The van der Waals surface area contributed by atoms with Crippen LogP contribution in [-0.4, -0.2) is 28.3 Å². The number of carbonyl (C=O) groups excluding carboxylic acids is 1. The predicted octanol–water partition coefficient (Wildman–Crippen LogP) is 1.89. The highest BCUT2D eigenvalue weighted by Crippen LogP contribution is 2.14. The number of hydrogen-bond acceptors (Lipinski definition) is 4. The summed E-state index contributed by atoms with van der Waals surface area (Å²) >= 11 is 0. The van der Waals surface area contributed by atoms with Crippen LogP contribution in [0.3, 0.4) is 0 Å². The van der Waals surface area contributed by atoms with Crippen molar-refractivity contribution in [1.82, 2.24) is 15.3 Å². The van der Waals surface area contributed by atoms with E-state index >= 15 is 0 Å². The smallest absolute Gasteiger partial charge is 0.184 e. The third-order valence-electron chi connectivity index (χ3n) is 3.24. The van der Waals surface area contributed by atoms with Gasteiger partial charge in [-0.1, -0.05) is 12.8 Å². The lowest BCUT2D eigenvalue weighted by Gasteiger charge is -2.14. The number of nitrogens with one attached hydrogen (secondary N) is 1. The fourth-order valence-electron chi connectivity index (χ4n) is 2.28. The van der Waals surface area contributed by atoms with Gasteiger partial charge in [-0.2, -0.15) is 0 Å². The van der Waals surface area contributed by atoms with Crippen molar-refractivity contribution in [2.24, 2.45) is 0 Å². The van der Waals surface area contributed by atoms with Crippen LogP contribution in [0.1, 0.15) is 48.3 Å². The maximum absolute atomic E-state index is 12.1. The van der Waals surface area contributed by atoms with Gasteiger partial charge in [0, 0.05) is 24.9 Å². The highest BCUT2D eigenvalue weighted by molar-refractivity contribution is 5.95. The Kier molecular flexibility index (Phi) is 4.20. The first-order chi connectivity index (χ1) is 8.27. The number of aryl methyl sites for hydroxylation is 1. The quantitative estimate of drug-likeness (QED) is 0.810. The van der Waals surface area contributed by atoms with Gasteiger partial charge in [-0.05, 0) is 26.3 Å². The Bertz CT molecular complexity index is 384. The van der Waals surface area contributed by atoms with Crippen LogP contribution < -0.4 is 5.32 Å². The van der Waals surface area contributed by atoms with E-state index in [0.717, 1.165) is 18.7 Å². The number of rotatable bonds is 3. The Labute approximate surface area is 102 Å². The molecular weight excluding hydrogens is 214 g/mol. The fourth-order valence-corrected chi connectivity index (χ4v) is 2.28. The average molecular weight is 233 g/mol. The molecule has 0 aliphatic carbocycles. The van der Waals surface area contributed by atoms with Crippen LogP contribution in [0.4, 0.5) is 0 Å². The van der Waals surface area contributed by atoms with Crippen LogP contribution in [0.15, 0.2) is 12.4 Å². The third-order valence-corrected chi connectivity index (χ3v) is 3.24. The van der Waals surface area contributed by atoms with E-state index in [1.807, 2.05) is 6.92 Å². The van der Waals surface area contributed by atoms with E-state index in [1.54, 1.807) is 12.4 Å². The van der Waals surface area contributed by atoms with Crippen LogP contribution in [-0.2, 0) is 0 Å². The third kappa shape index (κ3) is 3.33. The van der Waals surface area contributed by atoms with Crippen molar-refractivity contribution in [2.45, 2.75) is 45.1 Å². The molecule has 1 N–H and O–H groups in total. The molecule has 0 amide bonds. The minimum Gasteiger partial charge on any atom is -0.314 e. The highest BCUT2D eigenvalue weighted by atomic mass is 16.1. The van der Waals surface area contributed by atoms with E-state index in [9.17, 15) is 4.79 Å². The molecule has 0 bridgehead atoms. The minimum atomic E-state index is 0.106. The number of ketones is 1. The Hall–Kier alpha value is -1.29. The van der Waals surface area contributed by atoms with Crippen molar-refractivity contribution in [3.63, 3.8) is 0 Å². The van der Waals surface area contributed by atoms with Crippen molar-refractivity contribution < 1.29 is 4.79 Å². The topological polar surface area (TPSA) is 54.9 Å². The van der Waals surface area contributed by atoms with Gasteiger partial charge in [-0.3, -0.25) is 9.78 Å². The maximum Gasteiger partial charge on any atom is 0.184 e. The summed E-state index contributed by atoms with van der Waals surface area (Å²) in [6.07, 6.45) is 8.53. The van der Waals surface area contributed by atoms with Crippen molar-refractivity contribution in [3.05, 3.63) is 23.8 Å². The van der Waals surface area contributed by atoms with E-state index in [2.05, 4.69) is 15.3 Å². The van der Waals surface area contributed by atoms with E-state index in [0.29, 0.717) is 18.2 Å². The van der Waals surface area contributed by atoms with Crippen molar-refractivity contribution in [2.75, 3.05) is 6.54 Å². The Morgan fingerprint density at radius 2 is 2.18 bits per heavy atom. The normalized spacial score (nSPS) is 20.9. The Morgan fingerprint density at radius 3 is 3.00 bits per heavy atom. The average Bonchev–Trinajstić information content (AvgIpc) is 2.58. The van der Waals surface area contributed by atoms with Crippen molar-refractivity contribution >= 4 is 5.78 Å². The lowest BCUT2D eigenvalue weighted by molar-refractivity contribution is 0.0962. The fraction of sp³-hybridized carbons (Fsp3) is 0.615. The molecule has 0 saturated carbocycles. The first-order valence-electron chi connectivity index (χ1n) is 6.31. The number of carbonyl (C=O) groups is 1. The largest absolute Gasteiger partial charge is 0.314 e. The summed E-state index contributed by atoms with van der Waals surface area (Å²) in [5.74, 6) is 0.106. The molecule has 1 saturated heterocycles. The first-order valence-corrected chi connectivity index (χ1v) is 6.31. The van der Waals surface area contributed by atoms with Gasteiger partial charge in [0.05, 0.1) is 5.69 Å². The molecule has 1 atom stereocenters. The van der Waals surface area contributed by atoms with Gasteiger partial charge in [-0.25, -0.2) is 4.98 Å². The molecule has 1 unspecified atom stereocenters. The number of hydrogen-bond donors (Lipinski definition) is 1. The van der Waals surface area contributed by atoms with Crippen LogP contribution in [0.2, 0.25) is 0 Å². The van der Waals surface area contributed by atoms with Crippen LogP contribution in [0, 0.1) is 6.92 Å². The number of nitrogens with zero attached hydrogens (tertiary/aromatic N) is 2. The molecule has 92 valence electrons.